The van der Waals surface area contributed by atoms with E-state index in [9.17, 15) is 19.2 Å². The average molecular weight is 703 g/mol. The van der Waals surface area contributed by atoms with Crippen LogP contribution in [0.15, 0.2) is 66.7 Å². The minimum Gasteiger partial charge on any atom is -0.484 e. The second kappa shape index (κ2) is 15.1. The molecule has 2 atom stereocenters. The first-order chi connectivity index (χ1) is 24.3. The van der Waals surface area contributed by atoms with E-state index in [0.29, 0.717) is 67.1 Å². The van der Waals surface area contributed by atoms with Crippen molar-refractivity contribution >= 4 is 35.2 Å². The van der Waals surface area contributed by atoms with E-state index in [4.69, 9.17) is 30.5 Å². The van der Waals surface area contributed by atoms with E-state index >= 15 is 0 Å². The van der Waals surface area contributed by atoms with E-state index in [-0.39, 0.29) is 67.6 Å². The molecule has 0 radical (unpaired) electrons. The fourth-order valence-electron chi connectivity index (χ4n) is 6.51. The third kappa shape index (κ3) is 8.20. The lowest BCUT2D eigenvalue weighted by atomic mass is 10.0. The van der Waals surface area contributed by atoms with E-state index < -0.39 is 6.04 Å². The molecule has 7 rings (SSSR count). The van der Waals surface area contributed by atoms with Gasteiger partial charge < -0.3 is 39.0 Å². The number of halogens is 1. The molecule has 3 fully saturated rings. The lowest BCUT2D eigenvalue weighted by molar-refractivity contribution is -0.139. The summed E-state index contributed by atoms with van der Waals surface area (Å²) in [4.78, 5) is 59.5. The summed E-state index contributed by atoms with van der Waals surface area (Å²) in [5.41, 5.74) is 1.42. The molecule has 4 bridgehead atoms. The Morgan fingerprint density at radius 1 is 0.900 bits per heavy atom. The number of nitrogens with zero attached hydrogens (tertiary/aromatic N) is 3. The highest BCUT2D eigenvalue weighted by Crippen LogP contribution is 2.31. The second-order valence-electron chi connectivity index (χ2n) is 13.0. The average Bonchev–Trinajstić information content (AvgIpc) is 3.97. The molecule has 0 unspecified atom stereocenters. The van der Waals surface area contributed by atoms with Crippen LogP contribution in [0.3, 0.4) is 0 Å². The molecule has 3 aliphatic heterocycles. The van der Waals surface area contributed by atoms with Crippen LogP contribution in [0.4, 0.5) is 0 Å². The van der Waals surface area contributed by atoms with Crippen molar-refractivity contribution in [2.75, 3.05) is 52.5 Å². The van der Waals surface area contributed by atoms with Gasteiger partial charge in [0.05, 0.1) is 32.0 Å². The smallest absolute Gasteiger partial charge is 0.260 e. The predicted octanol–water partition coefficient (Wildman–Crippen LogP) is 3.90. The van der Waals surface area contributed by atoms with Gasteiger partial charge in [-0.1, -0.05) is 29.8 Å². The number of likely N-dealkylation sites (tertiary alicyclic amines) is 1. The van der Waals surface area contributed by atoms with Crippen LogP contribution in [0, 0.1) is 0 Å². The van der Waals surface area contributed by atoms with E-state index in [1.807, 2.05) is 18.2 Å². The zero-order valence-corrected chi connectivity index (χ0v) is 28.3. The minimum absolute atomic E-state index is 0.105. The number of carbonyl (C=O) groups is 4. The number of carbonyl (C=O) groups excluding carboxylic acids is 4. The van der Waals surface area contributed by atoms with Gasteiger partial charge in [-0.15, -0.1) is 0 Å². The third-order valence-electron chi connectivity index (χ3n) is 9.27. The van der Waals surface area contributed by atoms with Crippen molar-refractivity contribution in [2.45, 2.75) is 44.1 Å². The van der Waals surface area contributed by atoms with Gasteiger partial charge in [-0.25, -0.2) is 0 Å². The van der Waals surface area contributed by atoms with Gasteiger partial charge >= 0.3 is 0 Å². The standard InChI is InChI=1S/C37H39ClN4O8/c38-27-4-2-5-29(19-27)48-23-35(44)41-10-9-33-32(20-41)39-34(43)21-42(28-7-8-28)37(46)26-16-25(36(45)40-11-13-47-14-12-40)17-31(18-26)50-30-6-1-3-24(15-30)22-49-33/h1-6,15-19,28,32-33H,7-14,20-23H2,(H,39,43)/t32-,33+/m1/s1. The summed E-state index contributed by atoms with van der Waals surface area (Å²) in [6.07, 6.45) is 1.64. The van der Waals surface area contributed by atoms with Gasteiger partial charge in [-0.2, -0.15) is 0 Å². The third-order valence-corrected chi connectivity index (χ3v) is 9.50. The summed E-state index contributed by atoms with van der Waals surface area (Å²) < 4.78 is 23.8. The first-order valence-electron chi connectivity index (χ1n) is 17.0. The highest BCUT2D eigenvalue weighted by Gasteiger charge is 2.38. The van der Waals surface area contributed by atoms with Crippen molar-refractivity contribution in [3.63, 3.8) is 0 Å². The summed E-state index contributed by atoms with van der Waals surface area (Å²) in [7, 11) is 0. The zero-order chi connectivity index (χ0) is 34.6. The van der Waals surface area contributed by atoms with Gasteiger partial charge in [0.2, 0.25) is 5.91 Å². The quantitative estimate of drug-likeness (QED) is 0.425. The van der Waals surface area contributed by atoms with Crippen LogP contribution in [0.2, 0.25) is 5.02 Å². The maximum Gasteiger partial charge on any atom is 0.260 e. The number of rotatable bonds is 5. The molecule has 4 amide bonds. The maximum absolute atomic E-state index is 14.1. The number of morpholine rings is 1. The Morgan fingerprint density at radius 2 is 1.72 bits per heavy atom. The summed E-state index contributed by atoms with van der Waals surface area (Å²) >= 11 is 6.06. The highest BCUT2D eigenvalue weighted by molar-refractivity contribution is 6.30. The predicted molar refractivity (Wildman–Crippen MR) is 182 cm³/mol. The number of nitrogens with one attached hydrogen (secondary N) is 1. The van der Waals surface area contributed by atoms with Gasteiger partial charge in [0, 0.05) is 48.4 Å². The molecule has 50 heavy (non-hydrogen) atoms. The van der Waals surface area contributed by atoms with Crippen molar-refractivity contribution in [2.24, 2.45) is 0 Å². The number of hydrogen-bond acceptors (Lipinski definition) is 8. The molecule has 1 aliphatic carbocycles. The fraction of sp³-hybridized carbons (Fsp3) is 0.405. The summed E-state index contributed by atoms with van der Waals surface area (Å²) in [6, 6.07) is 18.5. The Morgan fingerprint density at radius 3 is 2.52 bits per heavy atom. The Hall–Kier alpha value is -4.65. The van der Waals surface area contributed by atoms with Crippen LogP contribution in [-0.4, -0.2) is 109 Å². The number of amides is 4. The lowest BCUT2D eigenvalue weighted by Gasteiger charge is -2.39. The highest BCUT2D eigenvalue weighted by atomic mass is 35.5. The van der Waals surface area contributed by atoms with Gasteiger partial charge in [0.1, 0.15) is 23.8 Å². The number of hydrogen-bond donors (Lipinski definition) is 1. The molecule has 1 N–H and O–H groups in total. The molecule has 0 spiro atoms. The summed E-state index contributed by atoms with van der Waals surface area (Å²) in [5, 5.41) is 3.59. The second-order valence-corrected chi connectivity index (χ2v) is 13.4. The summed E-state index contributed by atoms with van der Waals surface area (Å²) in [6.45, 7) is 2.29. The largest absolute Gasteiger partial charge is 0.484 e. The topological polar surface area (TPSA) is 127 Å². The monoisotopic (exact) mass is 702 g/mol. The molecular formula is C37H39ClN4O8. The van der Waals surface area contributed by atoms with Crippen LogP contribution >= 0.6 is 11.6 Å². The van der Waals surface area contributed by atoms with Crippen molar-refractivity contribution < 1.29 is 38.1 Å². The lowest BCUT2D eigenvalue weighted by Crippen LogP contribution is -2.59. The number of piperidine rings is 1. The van der Waals surface area contributed by atoms with Crippen molar-refractivity contribution in [3.8, 4) is 17.2 Å². The molecule has 3 heterocycles. The first kappa shape index (κ1) is 33.8. The molecule has 1 saturated carbocycles. The normalized spacial score (nSPS) is 21.5. The van der Waals surface area contributed by atoms with Crippen molar-refractivity contribution in [1.82, 2.24) is 20.0 Å². The Kier molecular flexibility index (Phi) is 10.2. The van der Waals surface area contributed by atoms with Crippen LogP contribution < -0.4 is 14.8 Å². The van der Waals surface area contributed by atoms with Crippen LogP contribution in [-0.2, 0) is 25.7 Å². The first-order valence-corrected chi connectivity index (χ1v) is 17.3. The number of fused-ring (bicyclic) bond motifs is 5. The Balaban J connectivity index is 1.14. The van der Waals surface area contributed by atoms with E-state index in [1.54, 1.807) is 63.2 Å². The van der Waals surface area contributed by atoms with E-state index in [2.05, 4.69) is 5.32 Å². The molecule has 2 saturated heterocycles. The Bertz CT molecular complexity index is 1760. The van der Waals surface area contributed by atoms with Crippen LogP contribution in [0.5, 0.6) is 17.2 Å². The van der Waals surface area contributed by atoms with Crippen molar-refractivity contribution in [3.05, 3.63) is 88.4 Å². The van der Waals surface area contributed by atoms with Gasteiger partial charge in [-0.05, 0) is 73.4 Å². The zero-order valence-electron chi connectivity index (χ0n) is 27.6. The minimum atomic E-state index is -0.532. The van der Waals surface area contributed by atoms with Gasteiger partial charge in [0.25, 0.3) is 17.7 Å². The molecule has 262 valence electrons. The van der Waals surface area contributed by atoms with Crippen LogP contribution in [0.1, 0.15) is 45.5 Å². The Labute approximate surface area is 295 Å². The van der Waals surface area contributed by atoms with Crippen LogP contribution in [0.25, 0.3) is 0 Å². The van der Waals surface area contributed by atoms with Gasteiger partial charge in [0.15, 0.2) is 6.61 Å². The van der Waals surface area contributed by atoms with E-state index in [0.717, 1.165) is 18.4 Å². The maximum atomic E-state index is 14.1. The van der Waals surface area contributed by atoms with Gasteiger partial charge in [-0.3, -0.25) is 19.2 Å². The molecule has 3 aromatic rings. The fourth-order valence-corrected chi connectivity index (χ4v) is 6.69. The summed E-state index contributed by atoms with van der Waals surface area (Å²) in [5.74, 6) is 0.176. The molecule has 0 aromatic heterocycles. The number of ether oxygens (including phenoxy) is 4. The molecule has 3 aromatic carbocycles. The van der Waals surface area contributed by atoms with Crippen molar-refractivity contribution in [1.29, 1.82) is 0 Å². The van der Waals surface area contributed by atoms with E-state index in [1.165, 1.54) is 0 Å². The molecule has 4 aliphatic rings. The molecular weight excluding hydrogens is 664 g/mol. The number of benzene rings is 3. The molecule has 12 nitrogen and oxygen atoms in total. The SMILES string of the molecule is O=C1CN(C2CC2)C(=O)c2cc(cc(C(=O)N3CCOCC3)c2)Oc2cccc(c2)CO[C@H]2CCN(C(=O)COc3cccc(Cl)c3)C[C@H]2N1. The molecule has 13 heteroatoms.